The van der Waals surface area contributed by atoms with Crippen molar-refractivity contribution in [1.82, 2.24) is 4.90 Å². The predicted octanol–water partition coefficient (Wildman–Crippen LogP) is 12.8. The van der Waals surface area contributed by atoms with Crippen LogP contribution >= 0.6 is 0 Å². The maximum Gasteiger partial charge on any atom is 0.306 e. The molecule has 0 spiro atoms. The maximum atomic E-state index is 12.6. The first-order chi connectivity index (χ1) is 22.9. The molecule has 0 amide bonds. The second-order valence-electron chi connectivity index (χ2n) is 14.9. The molecule has 2 unspecified atom stereocenters. The van der Waals surface area contributed by atoms with Crippen molar-refractivity contribution in [2.45, 2.75) is 226 Å². The average molecular weight is 666 g/mol. The monoisotopic (exact) mass is 666 g/mol. The third-order valence-corrected chi connectivity index (χ3v) is 9.73. The third-order valence-electron chi connectivity index (χ3n) is 9.73. The second kappa shape index (κ2) is 36.2. The minimum atomic E-state index is -0.0409. The molecule has 0 saturated heterocycles. The summed E-state index contributed by atoms with van der Waals surface area (Å²) < 4.78 is 11.8. The van der Waals surface area contributed by atoms with Crippen LogP contribution in [0.1, 0.15) is 220 Å². The SMILES string of the molecule is CCCCCCCCCCC(CCCCCCCCC)COC(=O)CCCCCCC(CCCCCCC)OC(=O)CCCN(C)C. The van der Waals surface area contributed by atoms with Crippen LogP contribution in [0.4, 0.5) is 0 Å². The quantitative estimate of drug-likeness (QED) is 0.0488. The lowest BCUT2D eigenvalue weighted by atomic mass is 9.94. The Morgan fingerprint density at radius 2 is 0.851 bits per heavy atom. The third kappa shape index (κ3) is 34.6. The summed E-state index contributed by atoms with van der Waals surface area (Å²) in [6.45, 7) is 8.33. The Labute approximate surface area is 294 Å². The van der Waals surface area contributed by atoms with Gasteiger partial charge in [0, 0.05) is 12.8 Å². The largest absolute Gasteiger partial charge is 0.465 e. The van der Waals surface area contributed by atoms with E-state index >= 15 is 0 Å². The van der Waals surface area contributed by atoms with Gasteiger partial charge in [0.1, 0.15) is 6.10 Å². The van der Waals surface area contributed by atoms with E-state index in [4.69, 9.17) is 9.47 Å². The summed E-state index contributed by atoms with van der Waals surface area (Å²) in [4.78, 5) is 27.2. The van der Waals surface area contributed by atoms with E-state index in [-0.39, 0.29) is 18.0 Å². The number of unbranched alkanes of at least 4 members (excludes halogenated alkanes) is 20. The van der Waals surface area contributed by atoms with Gasteiger partial charge in [0.25, 0.3) is 0 Å². The molecule has 0 bridgehead atoms. The zero-order chi connectivity index (χ0) is 34.6. The van der Waals surface area contributed by atoms with Gasteiger partial charge in [-0.05, 0) is 77.9 Å². The summed E-state index contributed by atoms with van der Waals surface area (Å²) in [5.41, 5.74) is 0. The van der Waals surface area contributed by atoms with Gasteiger partial charge in [-0.15, -0.1) is 0 Å². The molecular formula is C42H83NO4. The molecule has 0 aromatic carbocycles. The van der Waals surface area contributed by atoms with E-state index in [2.05, 4.69) is 25.7 Å². The van der Waals surface area contributed by atoms with Crippen molar-refractivity contribution in [2.24, 2.45) is 5.92 Å². The van der Waals surface area contributed by atoms with Crippen molar-refractivity contribution in [3.05, 3.63) is 0 Å². The van der Waals surface area contributed by atoms with Gasteiger partial charge in [-0.3, -0.25) is 9.59 Å². The van der Waals surface area contributed by atoms with Gasteiger partial charge in [-0.25, -0.2) is 0 Å². The van der Waals surface area contributed by atoms with Crippen LogP contribution in [0.2, 0.25) is 0 Å². The molecule has 0 saturated carbocycles. The molecule has 0 aliphatic carbocycles. The fourth-order valence-corrected chi connectivity index (χ4v) is 6.57. The lowest BCUT2D eigenvalue weighted by Crippen LogP contribution is -2.20. The number of nitrogens with zero attached hydrogens (tertiary/aromatic N) is 1. The molecule has 280 valence electrons. The van der Waals surface area contributed by atoms with E-state index in [1.165, 1.54) is 135 Å². The molecule has 47 heavy (non-hydrogen) atoms. The lowest BCUT2D eigenvalue weighted by Gasteiger charge is -2.19. The number of esters is 2. The van der Waals surface area contributed by atoms with Crippen LogP contribution in [0.5, 0.6) is 0 Å². The maximum absolute atomic E-state index is 12.6. The summed E-state index contributed by atoms with van der Waals surface area (Å²) in [6.07, 6.45) is 36.7. The Hall–Kier alpha value is -1.10. The van der Waals surface area contributed by atoms with Crippen molar-refractivity contribution < 1.29 is 19.1 Å². The minimum absolute atomic E-state index is 0.0119. The molecule has 0 aliphatic heterocycles. The van der Waals surface area contributed by atoms with Gasteiger partial charge in [-0.1, -0.05) is 156 Å². The van der Waals surface area contributed by atoms with Crippen molar-refractivity contribution in [2.75, 3.05) is 27.2 Å². The highest BCUT2D eigenvalue weighted by Gasteiger charge is 2.15. The molecule has 0 aliphatic rings. The van der Waals surface area contributed by atoms with Gasteiger partial charge < -0.3 is 14.4 Å². The summed E-state index contributed by atoms with van der Waals surface area (Å²) in [6, 6.07) is 0. The van der Waals surface area contributed by atoms with Gasteiger partial charge in [0.05, 0.1) is 6.61 Å². The molecule has 0 N–H and O–H groups in total. The van der Waals surface area contributed by atoms with Crippen molar-refractivity contribution in [1.29, 1.82) is 0 Å². The number of carbonyl (C=O) groups excluding carboxylic acids is 2. The predicted molar refractivity (Wildman–Crippen MR) is 203 cm³/mol. The van der Waals surface area contributed by atoms with Crippen LogP contribution in [0.15, 0.2) is 0 Å². The lowest BCUT2D eigenvalue weighted by molar-refractivity contribution is -0.150. The van der Waals surface area contributed by atoms with Gasteiger partial charge >= 0.3 is 11.9 Å². The molecule has 0 heterocycles. The van der Waals surface area contributed by atoms with E-state index in [1.54, 1.807) is 0 Å². The fraction of sp³-hybridized carbons (Fsp3) is 0.952. The van der Waals surface area contributed by atoms with E-state index in [0.717, 1.165) is 57.9 Å². The first-order valence-electron chi connectivity index (χ1n) is 20.9. The number of hydrogen-bond donors (Lipinski definition) is 0. The first kappa shape index (κ1) is 45.9. The highest BCUT2D eigenvalue weighted by Crippen LogP contribution is 2.21. The zero-order valence-electron chi connectivity index (χ0n) is 32.6. The molecule has 0 radical (unpaired) electrons. The Kier molecular flexibility index (Phi) is 35.3. The van der Waals surface area contributed by atoms with E-state index < -0.39 is 0 Å². The van der Waals surface area contributed by atoms with Crippen LogP contribution in [0, 0.1) is 5.92 Å². The highest BCUT2D eigenvalue weighted by atomic mass is 16.5. The summed E-state index contributed by atoms with van der Waals surface area (Å²) >= 11 is 0. The Morgan fingerprint density at radius 1 is 0.468 bits per heavy atom. The number of carbonyl (C=O) groups is 2. The second-order valence-corrected chi connectivity index (χ2v) is 14.9. The molecule has 5 nitrogen and oxygen atoms in total. The van der Waals surface area contributed by atoms with Crippen molar-refractivity contribution in [3.63, 3.8) is 0 Å². The minimum Gasteiger partial charge on any atom is -0.465 e. The normalized spacial score (nSPS) is 12.8. The molecule has 0 rings (SSSR count). The Balaban J connectivity index is 4.37. The molecule has 5 heteroatoms. The fourth-order valence-electron chi connectivity index (χ4n) is 6.57. The smallest absolute Gasteiger partial charge is 0.306 e. The molecule has 0 aromatic rings. The van der Waals surface area contributed by atoms with Gasteiger partial charge in [-0.2, -0.15) is 0 Å². The summed E-state index contributed by atoms with van der Waals surface area (Å²) in [7, 11) is 4.08. The first-order valence-corrected chi connectivity index (χ1v) is 20.9. The van der Waals surface area contributed by atoms with Crippen LogP contribution in [-0.2, 0) is 19.1 Å². The van der Waals surface area contributed by atoms with Gasteiger partial charge in [0.15, 0.2) is 0 Å². The van der Waals surface area contributed by atoms with E-state index in [1.807, 2.05) is 14.1 Å². The standard InChI is InChI=1S/C42H83NO4/c1-6-9-12-15-17-19-22-26-32-39(31-25-21-18-16-13-10-7-2)38-46-41(44)35-29-24-23-28-34-40(33-27-20-14-11-8-3)47-42(45)36-30-37-43(4)5/h39-40H,6-38H2,1-5H3. The Bertz CT molecular complexity index is 667. The molecule has 0 aromatic heterocycles. The topological polar surface area (TPSA) is 55.8 Å². The number of rotatable bonds is 37. The van der Waals surface area contributed by atoms with Gasteiger partial charge in [0.2, 0.25) is 0 Å². The van der Waals surface area contributed by atoms with Crippen molar-refractivity contribution in [3.8, 4) is 0 Å². The number of ether oxygens (including phenoxy) is 2. The highest BCUT2D eigenvalue weighted by molar-refractivity contribution is 5.69. The van der Waals surface area contributed by atoms with Crippen LogP contribution in [0.25, 0.3) is 0 Å². The molecule has 0 fully saturated rings. The average Bonchev–Trinajstić information content (AvgIpc) is 3.05. The van der Waals surface area contributed by atoms with E-state index in [0.29, 0.717) is 25.4 Å². The molecular weight excluding hydrogens is 582 g/mol. The Morgan fingerprint density at radius 3 is 1.30 bits per heavy atom. The van der Waals surface area contributed by atoms with E-state index in [9.17, 15) is 9.59 Å². The van der Waals surface area contributed by atoms with Crippen LogP contribution in [0.3, 0.4) is 0 Å². The number of hydrogen-bond acceptors (Lipinski definition) is 5. The zero-order valence-corrected chi connectivity index (χ0v) is 32.6. The summed E-state index contributed by atoms with van der Waals surface area (Å²) in [5.74, 6) is 0.474. The van der Waals surface area contributed by atoms with Crippen LogP contribution < -0.4 is 0 Å². The van der Waals surface area contributed by atoms with Crippen molar-refractivity contribution >= 4 is 11.9 Å². The van der Waals surface area contributed by atoms with Crippen LogP contribution in [-0.4, -0.2) is 50.2 Å². The molecule has 2 atom stereocenters. The summed E-state index contributed by atoms with van der Waals surface area (Å²) in [5, 5.41) is 0.